The fraction of sp³-hybridized carbons (Fsp3) is 0.286. The van der Waals surface area contributed by atoms with Crippen LogP contribution in [-0.2, 0) is 11.3 Å². The van der Waals surface area contributed by atoms with E-state index >= 15 is 0 Å². The van der Waals surface area contributed by atoms with Gasteiger partial charge in [0.05, 0.1) is 18.2 Å². The summed E-state index contributed by atoms with van der Waals surface area (Å²) in [7, 11) is 5.39. The van der Waals surface area contributed by atoms with E-state index < -0.39 is 6.03 Å². The Bertz CT molecular complexity index is 1500. The van der Waals surface area contributed by atoms with Crippen molar-refractivity contribution in [3.05, 3.63) is 60.6 Å². The molecule has 2 aromatic carbocycles. The van der Waals surface area contributed by atoms with Crippen LogP contribution in [0.3, 0.4) is 0 Å². The molecule has 0 aliphatic carbocycles. The van der Waals surface area contributed by atoms with Gasteiger partial charge in [-0.1, -0.05) is 0 Å². The average molecular weight is 545 g/mol. The van der Waals surface area contributed by atoms with Crippen LogP contribution in [0.5, 0.6) is 11.5 Å². The number of nitrogens with zero attached hydrogens (tertiary/aromatic N) is 4. The minimum absolute atomic E-state index is 0.160. The minimum atomic E-state index is -0.458. The predicted molar refractivity (Wildman–Crippen MR) is 153 cm³/mol. The second kappa shape index (κ2) is 11.9. The Kier molecular flexibility index (Phi) is 7.97. The van der Waals surface area contributed by atoms with Crippen molar-refractivity contribution in [2.24, 2.45) is 0 Å². The van der Waals surface area contributed by atoms with Gasteiger partial charge in [0, 0.05) is 43.8 Å². The zero-order chi connectivity index (χ0) is 28.1. The molecule has 0 saturated heterocycles. The van der Waals surface area contributed by atoms with E-state index in [0.717, 1.165) is 29.6 Å². The Morgan fingerprint density at radius 2 is 1.90 bits per heavy atom. The number of methoxy groups -OCH3 is 1. The van der Waals surface area contributed by atoms with Gasteiger partial charge in [-0.25, -0.2) is 14.8 Å². The van der Waals surface area contributed by atoms with Gasteiger partial charge >= 0.3 is 6.03 Å². The lowest BCUT2D eigenvalue weighted by atomic mass is 10.2. The Morgan fingerprint density at radius 1 is 1.07 bits per heavy atom. The van der Waals surface area contributed by atoms with Crippen molar-refractivity contribution in [3.8, 4) is 11.5 Å². The molecule has 0 unspecified atom stereocenters. The summed E-state index contributed by atoms with van der Waals surface area (Å²) < 4.78 is 11.1. The molecule has 0 spiro atoms. The first-order valence-electron chi connectivity index (χ1n) is 12.9. The molecule has 12 heteroatoms. The average Bonchev–Trinajstić information content (AvgIpc) is 3.36. The van der Waals surface area contributed by atoms with E-state index in [1.807, 2.05) is 13.2 Å². The molecule has 5 rings (SSSR count). The van der Waals surface area contributed by atoms with Crippen molar-refractivity contribution in [2.75, 3.05) is 56.9 Å². The van der Waals surface area contributed by atoms with E-state index in [-0.39, 0.29) is 12.5 Å². The molecule has 0 fully saturated rings. The van der Waals surface area contributed by atoms with Gasteiger partial charge in [0.25, 0.3) is 5.91 Å². The Hall–Kier alpha value is -4.84. The van der Waals surface area contributed by atoms with E-state index in [0.29, 0.717) is 47.5 Å². The van der Waals surface area contributed by atoms with Gasteiger partial charge in [0.15, 0.2) is 6.61 Å². The summed E-state index contributed by atoms with van der Waals surface area (Å²) >= 11 is 0. The number of hydrogen-bond donors (Lipinski definition) is 4. The maximum atomic E-state index is 12.8. The molecule has 1 aliphatic rings. The number of rotatable bonds is 3. The summed E-state index contributed by atoms with van der Waals surface area (Å²) in [5, 5.41) is 9.86. The van der Waals surface area contributed by atoms with E-state index in [1.54, 1.807) is 61.5 Å². The number of urea groups is 1. The van der Waals surface area contributed by atoms with Gasteiger partial charge in [0.1, 0.15) is 29.3 Å². The molecule has 0 atom stereocenters. The van der Waals surface area contributed by atoms with Gasteiger partial charge in [-0.2, -0.15) is 0 Å². The van der Waals surface area contributed by atoms with Crippen LogP contribution >= 0.6 is 0 Å². The van der Waals surface area contributed by atoms with Crippen LogP contribution in [0.15, 0.2) is 55.0 Å². The van der Waals surface area contributed by atoms with Crippen LogP contribution in [0.25, 0.3) is 11.0 Å². The molecular formula is C28H32N8O4. The standard InChI is InChI=1S/C28H32N8O4/c1-35-11-4-12-36(2)24(37)16-40-23-13-20(32-27-25-18(15-35)14-29-26(25)30-17-31-27)7-10-22(23)34-28(38)33-19-5-8-21(39-3)9-6-19/h5-10,13-14,17H,4,11-12,15-16H2,1-3H3,(H2,33,34,38)(H2,29,30,31,32). The molecule has 3 amide bonds. The molecule has 1 aliphatic heterocycles. The normalized spacial score (nSPS) is 14.8. The van der Waals surface area contributed by atoms with Gasteiger partial charge in [0.2, 0.25) is 0 Å². The van der Waals surface area contributed by atoms with E-state index in [1.165, 1.54) is 6.33 Å². The third kappa shape index (κ3) is 6.24. The lowest BCUT2D eigenvalue weighted by Crippen LogP contribution is -2.34. The summed E-state index contributed by atoms with van der Waals surface area (Å²) in [4.78, 5) is 41.6. The first-order valence-corrected chi connectivity index (χ1v) is 12.9. The number of nitrogens with one attached hydrogen (secondary N) is 4. The highest BCUT2D eigenvalue weighted by atomic mass is 16.5. The molecule has 208 valence electrons. The third-order valence-electron chi connectivity index (χ3n) is 6.64. The smallest absolute Gasteiger partial charge is 0.323 e. The summed E-state index contributed by atoms with van der Waals surface area (Å²) in [6, 6.07) is 11.8. The molecule has 40 heavy (non-hydrogen) atoms. The van der Waals surface area contributed by atoms with Crippen molar-refractivity contribution < 1.29 is 19.1 Å². The molecule has 3 heterocycles. The first-order chi connectivity index (χ1) is 19.4. The third-order valence-corrected chi connectivity index (χ3v) is 6.64. The molecule has 2 bridgehead atoms. The molecule has 12 nitrogen and oxygen atoms in total. The number of benzene rings is 2. The minimum Gasteiger partial charge on any atom is -0.497 e. The van der Waals surface area contributed by atoms with Crippen molar-refractivity contribution in [1.29, 1.82) is 0 Å². The molecule has 0 saturated carbocycles. The van der Waals surface area contributed by atoms with Gasteiger partial charge in [-0.15, -0.1) is 0 Å². The fourth-order valence-corrected chi connectivity index (χ4v) is 4.49. The number of aromatic amines is 1. The summed E-state index contributed by atoms with van der Waals surface area (Å²) in [6.45, 7) is 1.91. The zero-order valence-corrected chi connectivity index (χ0v) is 22.7. The quantitative estimate of drug-likeness (QED) is 0.304. The van der Waals surface area contributed by atoms with Gasteiger partial charge < -0.3 is 40.2 Å². The Balaban J connectivity index is 1.44. The summed E-state index contributed by atoms with van der Waals surface area (Å²) in [5.41, 5.74) is 3.46. The lowest BCUT2D eigenvalue weighted by Gasteiger charge is -2.22. The zero-order valence-electron chi connectivity index (χ0n) is 22.7. The van der Waals surface area contributed by atoms with Crippen molar-refractivity contribution in [3.63, 3.8) is 0 Å². The van der Waals surface area contributed by atoms with E-state index in [9.17, 15) is 9.59 Å². The van der Waals surface area contributed by atoms with Crippen molar-refractivity contribution in [1.82, 2.24) is 24.8 Å². The van der Waals surface area contributed by atoms with Crippen LogP contribution in [0, 0.1) is 0 Å². The van der Waals surface area contributed by atoms with E-state index in [4.69, 9.17) is 9.47 Å². The monoisotopic (exact) mass is 544 g/mol. The number of hydrogen-bond acceptors (Lipinski definition) is 8. The largest absolute Gasteiger partial charge is 0.497 e. The number of aromatic nitrogens is 3. The van der Waals surface area contributed by atoms with Crippen molar-refractivity contribution >= 4 is 45.9 Å². The van der Waals surface area contributed by atoms with Crippen molar-refractivity contribution in [2.45, 2.75) is 13.0 Å². The second-order valence-corrected chi connectivity index (χ2v) is 9.60. The molecular weight excluding hydrogens is 512 g/mol. The Morgan fingerprint density at radius 3 is 2.70 bits per heavy atom. The predicted octanol–water partition coefficient (Wildman–Crippen LogP) is 4.03. The number of likely N-dealkylation sites (N-methyl/N-ethyl adjacent to an activating group) is 1. The highest BCUT2D eigenvalue weighted by Gasteiger charge is 2.17. The number of carbonyl (C=O) groups excluding carboxylic acids is 2. The molecule has 2 aromatic heterocycles. The number of anilines is 4. The first kappa shape index (κ1) is 26.8. The van der Waals surface area contributed by atoms with Gasteiger partial charge in [-0.3, -0.25) is 4.79 Å². The Labute approximate surface area is 231 Å². The maximum Gasteiger partial charge on any atom is 0.323 e. The van der Waals surface area contributed by atoms with Gasteiger partial charge in [-0.05, 0) is 62.0 Å². The number of H-pyrrole nitrogens is 1. The SMILES string of the molecule is COc1ccc(NC(=O)Nc2ccc3cc2OCC(=O)N(C)CCCN(C)Cc2c[nH]c4ncnc(c24)N3)cc1. The van der Waals surface area contributed by atoms with E-state index in [2.05, 4.69) is 35.8 Å². The van der Waals surface area contributed by atoms with Crippen LogP contribution in [-0.4, -0.2) is 77.6 Å². The highest BCUT2D eigenvalue weighted by molar-refractivity contribution is 6.01. The molecule has 4 aromatic rings. The number of fused-ring (bicyclic) bond motifs is 2. The van der Waals surface area contributed by atoms with Crippen LogP contribution < -0.4 is 25.4 Å². The fourth-order valence-electron chi connectivity index (χ4n) is 4.49. The van der Waals surface area contributed by atoms with Crippen LogP contribution in [0.4, 0.5) is 27.7 Å². The summed E-state index contributed by atoms with van der Waals surface area (Å²) in [6.07, 6.45) is 4.25. The second-order valence-electron chi connectivity index (χ2n) is 9.60. The van der Waals surface area contributed by atoms with Crippen LogP contribution in [0.1, 0.15) is 12.0 Å². The molecule has 0 radical (unpaired) electrons. The topological polar surface area (TPSA) is 137 Å². The number of ether oxygens (including phenoxy) is 2. The van der Waals surface area contributed by atoms with Crippen LogP contribution in [0.2, 0.25) is 0 Å². The highest BCUT2D eigenvalue weighted by Crippen LogP contribution is 2.32. The maximum absolute atomic E-state index is 12.8. The molecule has 4 N–H and O–H groups in total. The lowest BCUT2D eigenvalue weighted by molar-refractivity contribution is -0.132. The number of amides is 3. The summed E-state index contributed by atoms with van der Waals surface area (Å²) in [5.74, 6) is 1.50. The number of carbonyl (C=O) groups is 2.